The van der Waals surface area contributed by atoms with Crippen LogP contribution < -0.4 is 9.44 Å². The van der Waals surface area contributed by atoms with Crippen LogP contribution in [0.1, 0.15) is 12.8 Å². The number of sulfonamides is 2. The Morgan fingerprint density at radius 3 is 2.37 bits per heavy atom. The highest BCUT2D eigenvalue weighted by Crippen LogP contribution is 2.22. The molecular formula is C16H15F2N3O4S2. The van der Waals surface area contributed by atoms with E-state index in [9.17, 15) is 25.6 Å². The molecule has 1 aliphatic heterocycles. The molecule has 2 N–H and O–H groups in total. The third-order valence-corrected chi connectivity index (χ3v) is 6.50. The van der Waals surface area contributed by atoms with E-state index < -0.39 is 36.6 Å². The molecule has 1 aliphatic rings. The maximum atomic E-state index is 13.8. The molecule has 3 rings (SSSR count). The summed E-state index contributed by atoms with van der Waals surface area (Å²) in [6, 6.07) is 7.07. The molecule has 7 nitrogen and oxygen atoms in total. The molecule has 2 aromatic rings. The normalized spacial score (nSPS) is 14.7. The molecule has 0 saturated heterocycles. The van der Waals surface area contributed by atoms with Crippen LogP contribution >= 0.6 is 0 Å². The number of halogens is 2. The summed E-state index contributed by atoms with van der Waals surface area (Å²) in [5, 5.41) is 0. The predicted octanol–water partition coefficient (Wildman–Crippen LogP) is 2.24. The Balaban J connectivity index is 1.87. The number of hydrogen-bond acceptors (Lipinski definition) is 5. The van der Waals surface area contributed by atoms with Gasteiger partial charge < -0.3 is 0 Å². The third-order valence-electron chi connectivity index (χ3n) is 3.71. The van der Waals surface area contributed by atoms with Crippen molar-refractivity contribution in [2.24, 2.45) is 4.99 Å². The van der Waals surface area contributed by atoms with E-state index >= 15 is 0 Å². The summed E-state index contributed by atoms with van der Waals surface area (Å²) in [5.74, 6) is -1.83. The van der Waals surface area contributed by atoms with Crippen molar-refractivity contribution in [2.45, 2.75) is 22.6 Å². The van der Waals surface area contributed by atoms with Gasteiger partial charge in [-0.05, 0) is 36.8 Å². The zero-order valence-electron chi connectivity index (χ0n) is 13.8. The highest BCUT2D eigenvalue weighted by Gasteiger charge is 2.22. The molecule has 0 aromatic heterocycles. The quantitative estimate of drug-likeness (QED) is 0.781. The first kappa shape index (κ1) is 19.2. The van der Waals surface area contributed by atoms with Gasteiger partial charge in [0, 0.05) is 19.0 Å². The molecule has 0 atom stereocenters. The van der Waals surface area contributed by atoms with Crippen LogP contribution in [0.2, 0.25) is 0 Å². The average molecular weight is 415 g/mol. The molecule has 0 spiro atoms. The van der Waals surface area contributed by atoms with Crippen molar-refractivity contribution in [3.05, 3.63) is 54.1 Å². The first-order chi connectivity index (χ1) is 12.7. The van der Waals surface area contributed by atoms with Crippen LogP contribution in [-0.2, 0) is 20.0 Å². The van der Waals surface area contributed by atoms with Crippen LogP contribution in [0.25, 0.3) is 0 Å². The van der Waals surface area contributed by atoms with Crippen LogP contribution in [-0.4, -0.2) is 29.2 Å². The molecule has 0 amide bonds. The Kier molecular flexibility index (Phi) is 5.16. The Bertz CT molecular complexity index is 1120. The van der Waals surface area contributed by atoms with Crippen LogP contribution in [0.5, 0.6) is 0 Å². The monoisotopic (exact) mass is 415 g/mol. The minimum atomic E-state index is -4.38. The number of nitrogens with zero attached hydrogens (tertiary/aromatic N) is 1. The SMILES string of the molecule is O=S(=O)(NC1=NCCC1)c1cccc(NS(=O)(=O)c2ccc(F)cc2F)c1. The smallest absolute Gasteiger partial charge is 0.264 e. The van der Waals surface area contributed by atoms with E-state index in [0.717, 1.165) is 24.6 Å². The second-order valence-corrected chi connectivity index (χ2v) is 9.08. The number of aliphatic imine (C=N–C) groups is 1. The van der Waals surface area contributed by atoms with E-state index in [1.807, 2.05) is 0 Å². The number of hydrogen-bond donors (Lipinski definition) is 2. The Hall–Kier alpha value is -2.53. The standard InChI is InChI=1S/C16H15F2N3O4S2/c17-11-6-7-15(14(18)9-11)27(24,25)20-12-3-1-4-13(10-12)26(22,23)21-16-5-2-8-19-16/h1,3-4,6-7,9-10,20H,2,5,8H2,(H,19,21). The lowest BCUT2D eigenvalue weighted by atomic mass is 10.3. The van der Waals surface area contributed by atoms with Gasteiger partial charge in [-0.3, -0.25) is 14.4 Å². The van der Waals surface area contributed by atoms with Crippen molar-refractivity contribution >= 4 is 31.6 Å². The fourth-order valence-electron chi connectivity index (χ4n) is 2.47. The number of rotatable bonds is 5. The molecule has 27 heavy (non-hydrogen) atoms. The molecule has 0 fully saturated rings. The number of anilines is 1. The molecule has 0 saturated carbocycles. The zero-order valence-corrected chi connectivity index (χ0v) is 15.4. The first-order valence-corrected chi connectivity index (χ1v) is 10.8. The van der Waals surface area contributed by atoms with E-state index in [2.05, 4.69) is 14.4 Å². The van der Waals surface area contributed by atoms with Gasteiger partial charge in [0.2, 0.25) is 0 Å². The van der Waals surface area contributed by atoms with Gasteiger partial charge >= 0.3 is 0 Å². The Morgan fingerprint density at radius 2 is 1.70 bits per heavy atom. The van der Waals surface area contributed by atoms with Crippen molar-refractivity contribution in [2.75, 3.05) is 11.3 Å². The predicted molar refractivity (Wildman–Crippen MR) is 95.5 cm³/mol. The Morgan fingerprint density at radius 1 is 0.926 bits per heavy atom. The van der Waals surface area contributed by atoms with Crippen molar-refractivity contribution in [1.82, 2.24) is 4.72 Å². The van der Waals surface area contributed by atoms with Gasteiger partial charge in [-0.1, -0.05) is 6.07 Å². The molecule has 0 radical (unpaired) electrons. The highest BCUT2D eigenvalue weighted by molar-refractivity contribution is 7.92. The van der Waals surface area contributed by atoms with Gasteiger partial charge in [0.25, 0.3) is 20.0 Å². The van der Waals surface area contributed by atoms with Gasteiger partial charge in [0.05, 0.1) is 10.6 Å². The van der Waals surface area contributed by atoms with E-state index in [0.29, 0.717) is 24.9 Å². The van der Waals surface area contributed by atoms with Crippen LogP contribution in [0.15, 0.2) is 57.2 Å². The average Bonchev–Trinajstić information content (AvgIpc) is 3.06. The third kappa shape index (κ3) is 4.42. The van der Waals surface area contributed by atoms with Crippen LogP contribution in [0, 0.1) is 11.6 Å². The van der Waals surface area contributed by atoms with Crippen molar-refractivity contribution in [1.29, 1.82) is 0 Å². The molecule has 11 heteroatoms. The van der Waals surface area contributed by atoms with Gasteiger partial charge in [0.15, 0.2) is 0 Å². The minimum Gasteiger partial charge on any atom is -0.279 e. The summed E-state index contributed by atoms with van der Waals surface area (Å²) < 4.78 is 80.6. The maximum Gasteiger partial charge on any atom is 0.264 e. The molecule has 0 bridgehead atoms. The number of nitrogens with one attached hydrogen (secondary N) is 2. The molecule has 144 valence electrons. The fraction of sp³-hybridized carbons (Fsp3) is 0.188. The number of amidine groups is 1. The van der Waals surface area contributed by atoms with Gasteiger partial charge in [-0.2, -0.15) is 0 Å². The topological polar surface area (TPSA) is 105 Å². The lowest BCUT2D eigenvalue weighted by Gasteiger charge is -2.11. The molecule has 0 aliphatic carbocycles. The Labute approximate surface area is 155 Å². The summed E-state index contributed by atoms with van der Waals surface area (Å²) in [5.41, 5.74) is -0.0880. The van der Waals surface area contributed by atoms with E-state index in [-0.39, 0.29) is 10.6 Å². The van der Waals surface area contributed by atoms with Crippen molar-refractivity contribution < 1.29 is 25.6 Å². The van der Waals surface area contributed by atoms with E-state index in [1.54, 1.807) is 0 Å². The lowest BCUT2D eigenvalue weighted by Crippen LogP contribution is -2.29. The van der Waals surface area contributed by atoms with Crippen molar-refractivity contribution in [3.8, 4) is 0 Å². The second kappa shape index (κ2) is 7.24. The summed E-state index contributed by atoms with van der Waals surface area (Å²) in [6.45, 7) is 0.543. The van der Waals surface area contributed by atoms with Crippen LogP contribution in [0.3, 0.4) is 0 Å². The first-order valence-electron chi connectivity index (χ1n) is 7.81. The van der Waals surface area contributed by atoms with E-state index in [1.165, 1.54) is 18.2 Å². The maximum absolute atomic E-state index is 13.8. The second-order valence-electron chi connectivity index (χ2n) is 5.75. The zero-order chi connectivity index (χ0) is 19.7. The van der Waals surface area contributed by atoms with Gasteiger partial charge in [-0.15, -0.1) is 0 Å². The molecular weight excluding hydrogens is 400 g/mol. The fourth-order valence-corrected chi connectivity index (χ4v) is 4.71. The summed E-state index contributed by atoms with van der Waals surface area (Å²) in [7, 11) is -8.32. The minimum absolute atomic E-state index is 0.0880. The summed E-state index contributed by atoms with van der Waals surface area (Å²) >= 11 is 0. The number of benzene rings is 2. The lowest BCUT2D eigenvalue weighted by molar-refractivity contribution is 0.551. The van der Waals surface area contributed by atoms with E-state index in [4.69, 9.17) is 0 Å². The molecule has 2 aromatic carbocycles. The van der Waals surface area contributed by atoms with Crippen molar-refractivity contribution in [3.63, 3.8) is 0 Å². The molecule has 1 heterocycles. The molecule has 0 unspecified atom stereocenters. The highest BCUT2D eigenvalue weighted by atomic mass is 32.2. The largest absolute Gasteiger partial charge is 0.279 e. The summed E-state index contributed by atoms with van der Waals surface area (Å²) in [6.07, 6.45) is 1.26. The van der Waals surface area contributed by atoms with Gasteiger partial charge in [0.1, 0.15) is 22.4 Å². The van der Waals surface area contributed by atoms with Gasteiger partial charge in [-0.25, -0.2) is 25.6 Å². The van der Waals surface area contributed by atoms with Crippen LogP contribution in [0.4, 0.5) is 14.5 Å². The summed E-state index contributed by atoms with van der Waals surface area (Å²) in [4.78, 5) is 3.09.